The minimum absolute atomic E-state index is 0.0460. The number of amides is 1. The zero-order valence-corrected chi connectivity index (χ0v) is 11.7. The van der Waals surface area contributed by atoms with Crippen molar-refractivity contribution in [2.24, 2.45) is 0 Å². The molecule has 2 saturated heterocycles. The minimum atomic E-state index is -0.0460. The quantitative estimate of drug-likeness (QED) is 0.685. The fourth-order valence-electron chi connectivity index (χ4n) is 2.42. The molecule has 1 atom stereocenters. The lowest BCUT2D eigenvalue weighted by Gasteiger charge is -2.30. The maximum atomic E-state index is 11.7. The van der Waals surface area contributed by atoms with Crippen molar-refractivity contribution in [3.63, 3.8) is 0 Å². The van der Waals surface area contributed by atoms with Crippen molar-refractivity contribution in [1.29, 1.82) is 0 Å². The third kappa shape index (κ3) is 5.44. The number of rotatable bonds is 5. The van der Waals surface area contributed by atoms with E-state index in [4.69, 9.17) is 9.47 Å². The smallest absolute Gasteiger partial charge is 0.246 e. The number of hydrogen-bond donors (Lipinski definition) is 2. The molecule has 2 aliphatic heterocycles. The molecular weight excluding hydrogens is 246 g/mol. The number of nitrogens with zero attached hydrogens (tertiary/aromatic N) is 1. The van der Waals surface area contributed by atoms with Gasteiger partial charge in [-0.3, -0.25) is 4.79 Å². The van der Waals surface area contributed by atoms with E-state index in [1.165, 1.54) is 0 Å². The van der Waals surface area contributed by atoms with Gasteiger partial charge in [-0.05, 0) is 33.0 Å². The summed E-state index contributed by atoms with van der Waals surface area (Å²) in [6, 6.07) is 0. The zero-order chi connectivity index (χ0) is 13.5. The second-order valence-electron chi connectivity index (χ2n) is 5.32. The number of morpholine rings is 1. The fourth-order valence-corrected chi connectivity index (χ4v) is 2.42. The van der Waals surface area contributed by atoms with Crippen LogP contribution in [0.1, 0.15) is 12.8 Å². The molecule has 6 heteroatoms. The molecule has 110 valence electrons. The van der Waals surface area contributed by atoms with Gasteiger partial charge in [0.1, 0.15) is 6.61 Å². The normalized spacial score (nSPS) is 26.3. The highest BCUT2D eigenvalue weighted by molar-refractivity contribution is 5.77. The second kappa shape index (κ2) is 7.79. The molecule has 2 N–H and O–H groups in total. The summed E-state index contributed by atoms with van der Waals surface area (Å²) in [5.41, 5.74) is 0. The Kier molecular flexibility index (Phi) is 6.03. The van der Waals surface area contributed by atoms with Crippen molar-refractivity contribution in [3.8, 4) is 0 Å². The number of carbonyl (C=O) groups excluding carboxylic acids is 1. The second-order valence-corrected chi connectivity index (χ2v) is 5.32. The summed E-state index contributed by atoms with van der Waals surface area (Å²) >= 11 is 0. The lowest BCUT2D eigenvalue weighted by Crippen LogP contribution is -2.46. The maximum Gasteiger partial charge on any atom is 0.246 e. The van der Waals surface area contributed by atoms with Crippen molar-refractivity contribution < 1.29 is 14.3 Å². The molecule has 6 nitrogen and oxygen atoms in total. The SMILES string of the molecule is CN1CCOC(CNC(=O)COC2CCNCC2)C1. The third-order valence-corrected chi connectivity index (χ3v) is 3.61. The first-order chi connectivity index (χ1) is 9.24. The monoisotopic (exact) mass is 271 g/mol. The first-order valence-electron chi connectivity index (χ1n) is 7.13. The van der Waals surface area contributed by atoms with Crippen molar-refractivity contribution >= 4 is 5.91 Å². The first kappa shape index (κ1) is 14.7. The van der Waals surface area contributed by atoms with E-state index in [2.05, 4.69) is 22.6 Å². The van der Waals surface area contributed by atoms with Crippen LogP contribution in [-0.4, -0.2) is 76.0 Å². The molecule has 0 radical (unpaired) electrons. The van der Waals surface area contributed by atoms with Crippen molar-refractivity contribution in [2.45, 2.75) is 25.0 Å². The standard InChI is InChI=1S/C13H25N3O3/c1-16-6-7-18-12(9-16)8-15-13(17)10-19-11-2-4-14-5-3-11/h11-12,14H,2-10H2,1H3,(H,15,17). The molecule has 0 aromatic rings. The van der Waals surface area contributed by atoms with Gasteiger partial charge in [-0.2, -0.15) is 0 Å². The minimum Gasteiger partial charge on any atom is -0.374 e. The Bertz CT molecular complexity index is 282. The van der Waals surface area contributed by atoms with Crippen LogP contribution in [0.3, 0.4) is 0 Å². The first-order valence-corrected chi connectivity index (χ1v) is 7.13. The molecule has 2 aliphatic rings. The molecule has 1 amide bonds. The molecular formula is C13H25N3O3. The number of carbonyl (C=O) groups is 1. The summed E-state index contributed by atoms with van der Waals surface area (Å²) in [6.45, 7) is 5.26. The average molecular weight is 271 g/mol. The summed E-state index contributed by atoms with van der Waals surface area (Å²) in [4.78, 5) is 13.9. The molecule has 0 saturated carbocycles. The number of ether oxygens (including phenoxy) is 2. The van der Waals surface area contributed by atoms with Crippen LogP contribution in [-0.2, 0) is 14.3 Å². The number of likely N-dealkylation sites (N-methyl/N-ethyl adjacent to an activating group) is 1. The molecule has 1 unspecified atom stereocenters. The lowest BCUT2D eigenvalue weighted by molar-refractivity contribution is -0.129. The molecule has 2 heterocycles. The Balaban J connectivity index is 1.56. The van der Waals surface area contributed by atoms with Gasteiger partial charge in [0, 0.05) is 19.6 Å². The Morgan fingerprint density at radius 2 is 2.26 bits per heavy atom. The molecule has 2 rings (SSSR count). The van der Waals surface area contributed by atoms with Crippen LogP contribution < -0.4 is 10.6 Å². The van der Waals surface area contributed by atoms with Crippen molar-refractivity contribution in [2.75, 3.05) is 53.0 Å². The largest absolute Gasteiger partial charge is 0.374 e. The molecule has 0 aromatic heterocycles. The highest BCUT2D eigenvalue weighted by atomic mass is 16.5. The van der Waals surface area contributed by atoms with Gasteiger partial charge >= 0.3 is 0 Å². The molecule has 0 bridgehead atoms. The van der Waals surface area contributed by atoms with Crippen LogP contribution >= 0.6 is 0 Å². The van der Waals surface area contributed by atoms with E-state index < -0.39 is 0 Å². The van der Waals surface area contributed by atoms with Gasteiger partial charge in [-0.15, -0.1) is 0 Å². The summed E-state index contributed by atoms with van der Waals surface area (Å²) in [7, 11) is 2.07. The van der Waals surface area contributed by atoms with Gasteiger partial charge in [0.2, 0.25) is 5.91 Å². The zero-order valence-electron chi connectivity index (χ0n) is 11.7. The van der Waals surface area contributed by atoms with E-state index in [0.29, 0.717) is 6.54 Å². The van der Waals surface area contributed by atoms with Gasteiger partial charge < -0.3 is 25.0 Å². The van der Waals surface area contributed by atoms with Crippen LogP contribution in [0.2, 0.25) is 0 Å². The van der Waals surface area contributed by atoms with E-state index in [0.717, 1.165) is 45.6 Å². The highest BCUT2D eigenvalue weighted by Crippen LogP contribution is 2.06. The lowest BCUT2D eigenvalue weighted by atomic mass is 10.1. The van der Waals surface area contributed by atoms with Gasteiger partial charge in [0.15, 0.2) is 0 Å². The van der Waals surface area contributed by atoms with E-state index in [-0.39, 0.29) is 24.7 Å². The summed E-state index contributed by atoms with van der Waals surface area (Å²) in [6.07, 6.45) is 2.30. The maximum absolute atomic E-state index is 11.7. The summed E-state index contributed by atoms with van der Waals surface area (Å²) in [5.74, 6) is -0.0460. The molecule has 0 aromatic carbocycles. The Morgan fingerprint density at radius 3 is 3.00 bits per heavy atom. The average Bonchev–Trinajstić information content (AvgIpc) is 2.44. The number of hydrogen-bond acceptors (Lipinski definition) is 5. The highest BCUT2D eigenvalue weighted by Gasteiger charge is 2.19. The number of nitrogens with one attached hydrogen (secondary N) is 2. The van der Waals surface area contributed by atoms with E-state index in [1.54, 1.807) is 0 Å². The van der Waals surface area contributed by atoms with Crippen LogP contribution in [0.5, 0.6) is 0 Å². The van der Waals surface area contributed by atoms with Crippen LogP contribution in [0, 0.1) is 0 Å². The number of piperidine rings is 1. The summed E-state index contributed by atoms with van der Waals surface area (Å²) < 4.78 is 11.2. The predicted molar refractivity (Wildman–Crippen MR) is 72.1 cm³/mol. The van der Waals surface area contributed by atoms with Crippen LogP contribution in [0.25, 0.3) is 0 Å². The Hall–Kier alpha value is -0.690. The van der Waals surface area contributed by atoms with Gasteiger partial charge in [-0.1, -0.05) is 0 Å². The van der Waals surface area contributed by atoms with Gasteiger partial charge in [0.25, 0.3) is 0 Å². The van der Waals surface area contributed by atoms with E-state index >= 15 is 0 Å². The molecule has 0 aliphatic carbocycles. The van der Waals surface area contributed by atoms with Gasteiger partial charge in [0.05, 0.1) is 18.8 Å². The van der Waals surface area contributed by atoms with Gasteiger partial charge in [-0.25, -0.2) is 0 Å². The van der Waals surface area contributed by atoms with Crippen LogP contribution in [0.4, 0.5) is 0 Å². The molecule has 2 fully saturated rings. The van der Waals surface area contributed by atoms with E-state index in [9.17, 15) is 4.79 Å². The van der Waals surface area contributed by atoms with Crippen molar-refractivity contribution in [3.05, 3.63) is 0 Å². The fraction of sp³-hybridized carbons (Fsp3) is 0.923. The topological polar surface area (TPSA) is 62.8 Å². The Morgan fingerprint density at radius 1 is 1.47 bits per heavy atom. The van der Waals surface area contributed by atoms with E-state index in [1.807, 2.05) is 0 Å². The van der Waals surface area contributed by atoms with Crippen LogP contribution in [0.15, 0.2) is 0 Å². The molecule has 0 spiro atoms. The summed E-state index contributed by atoms with van der Waals surface area (Å²) in [5, 5.41) is 6.15. The molecule has 19 heavy (non-hydrogen) atoms. The third-order valence-electron chi connectivity index (χ3n) is 3.61. The van der Waals surface area contributed by atoms with Crippen molar-refractivity contribution in [1.82, 2.24) is 15.5 Å². The predicted octanol–water partition coefficient (Wildman–Crippen LogP) is -0.798. The Labute approximate surface area is 114 Å².